The molecule has 1 aromatic rings. The van der Waals surface area contributed by atoms with E-state index in [1.807, 2.05) is 23.5 Å². The van der Waals surface area contributed by atoms with Crippen LogP contribution in [0.5, 0.6) is 0 Å². The minimum Gasteiger partial charge on any atom is -0.124 e. The maximum absolute atomic E-state index is 2.34. The summed E-state index contributed by atoms with van der Waals surface area (Å²) >= 11 is 3.95. The van der Waals surface area contributed by atoms with Gasteiger partial charge in [-0.1, -0.05) is 24.3 Å². The van der Waals surface area contributed by atoms with E-state index in [0.717, 1.165) is 0 Å². The molecular formula is C11H10S2. The van der Waals surface area contributed by atoms with Crippen LogP contribution >= 0.6 is 23.5 Å². The molecule has 2 aliphatic heterocycles. The van der Waals surface area contributed by atoms with Crippen molar-refractivity contribution in [3.63, 3.8) is 0 Å². The lowest BCUT2D eigenvalue weighted by Gasteiger charge is -2.20. The maximum atomic E-state index is 2.34. The first kappa shape index (κ1) is 8.01. The predicted molar refractivity (Wildman–Crippen MR) is 60.2 cm³/mol. The lowest BCUT2D eigenvalue weighted by molar-refractivity contribution is 0.794. The van der Waals surface area contributed by atoms with Gasteiger partial charge >= 0.3 is 0 Å². The quantitative estimate of drug-likeness (QED) is 0.632. The maximum Gasteiger partial charge on any atom is 0.0532 e. The molecule has 2 heteroatoms. The Hall–Kier alpha value is -0.340. The number of hydrogen-bond donors (Lipinski definition) is 0. The molecule has 66 valence electrons. The van der Waals surface area contributed by atoms with E-state index >= 15 is 0 Å². The summed E-state index contributed by atoms with van der Waals surface area (Å²) in [6.07, 6.45) is 2.34. The van der Waals surface area contributed by atoms with Gasteiger partial charge in [0.25, 0.3) is 0 Å². The summed E-state index contributed by atoms with van der Waals surface area (Å²) in [5.74, 6) is 0. The molecule has 3 rings (SSSR count). The van der Waals surface area contributed by atoms with Gasteiger partial charge in [-0.25, -0.2) is 0 Å². The molecule has 2 aliphatic rings. The molecule has 2 atom stereocenters. The van der Waals surface area contributed by atoms with Crippen LogP contribution in [0.3, 0.4) is 0 Å². The van der Waals surface area contributed by atoms with E-state index in [4.69, 9.17) is 0 Å². The molecule has 2 unspecified atom stereocenters. The van der Waals surface area contributed by atoms with E-state index in [1.54, 1.807) is 0 Å². The van der Waals surface area contributed by atoms with Gasteiger partial charge in [-0.3, -0.25) is 0 Å². The minimum atomic E-state index is 0.314. The third kappa shape index (κ3) is 1.02. The van der Waals surface area contributed by atoms with Crippen LogP contribution in [-0.4, -0.2) is 4.75 Å². The van der Waals surface area contributed by atoms with Gasteiger partial charge in [0, 0.05) is 4.90 Å². The van der Waals surface area contributed by atoms with Crippen molar-refractivity contribution in [2.24, 2.45) is 0 Å². The standard InChI is InChI=1S/C11H10S2/c1-11-6-7-12-10(11)8-4-2-3-5-9(8)13-11/h2-7,10H,1H3. The zero-order valence-electron chi connectivity index (χ0n) is 7.36. The van der Waals surface area contributed by atoms with Crippen LogP contribution in [0.15, 0.2) is 40.6 Å². The highest BCUT2D eigenvalue weighted by Crippen LogP contribution is 2.61. The first-order chi connectivity index (χ1) is 6.30. The summed E-state index contributed by atoms with van der Waals surface area (Å²) in [5.41, 5.74) is 1.52. The molecule has 0 amide bonds. The topological polar surface area (TPSA) is 0 Å². The predicted octanol–water partition coefficient (Wildman–Crippen LogP) is 3.85. The monoisotopic (exact) mass is 206 g/mol. The fourth-order valence-electron chi connectivity index (χ4n) is 1.97. The first-order valence-electron chi connectivity index (χ1n) is 4.41. The highest BCUT2D eigenvalue weighted by Gasteiger charge is 2.44. The lowest BCUT2D eigenvalue weighted by Crippen LogP contribution is -2.15. The van der Waals surface area contributed by atoms with Gasteiger partial charge in [-0.2, -0.15) is 0 Å². The Kier molecular flexibility index (Phi) is 1.59. The molecule has 0 fully saturated rings. The second kappa shape index (κ2) is 2.58. The molecule has 0 aromatic heterocycles. The molecular weight excluding hydrogens is 196 g/mol. The van der Waals surface area contributed by atoms with Crippen LogP contribution < -0.4 is 0 Å². The Labute approximate surface area is 86.8 Å². The molecule has 0 saturated carbocycles. The normalized spacial score (nSPS) is 34.7. The number of thioether (sulfide) groups is 2. The van der Waals surface area contributed by atoms with E-state index in [9.17, 15) is 0 Å². The molecule has 2 heterocycles. The third-order valence-electron chi connectivity index (χ3n) is 2.67. The molecule has 0 spiro atoms. The summed E-state index contributed by atoms with van der Waals surface area (Å²) in [7, 11) is 0. The van der Waals surface area contributed by atoms with Gasteiger partial charge < -0.3 is 0 Å². The van der Waals surface area contributed by atoms with E-state index in [2.05, 4.69) is 42.7 Å². The molecule has 0 N–H and O–H groups in total. The Morgan fingerprint density at radius 1 is 1.31 bits per heavy atom. The fourth-order valence-corrected chi connectivity index (χ4v) is 4.96. The van der Waals surface area contributed by atoms with E-state index in [1.165, 1.54) is 10.5 Å². The zero-order valence-corrected chi connectivity index (χ0v) is 8.99. The number of benzene rings is 1. The smallest absolute Gasteiger partial charge is 0.0532 e. The van der Waals surface area contributed by atoms with Crippen LogP contribution in [0, 0.1) is 0 Å². The Bertz CT molecular complexity index is 383. The van der Waals surface area contributed by atoms with Crippen LogP contribution in [0.25, 0.3) is 0 Å². The second-order valence-electron chi connectivity index (χ2n) is 3.64. The van der Waals surface area contributed by atoms with Gasteiger partial charge in [0.05, 0.1) is 10.00 Å². The molecule has 0 aliphatic carbocycles. The van der Waals surface area contributed by atoms with Crippen molar-refractivity contribution in [1.82, 2.24) is 0 Å². The summed E-state index contributed by atoms with van der Waals surface area (Å²) in [6, 6.07) is 8.77. The van der Waals surface area contributed by atoms with Gasteiger partial charge in [0.2, 0.25) is 0 Å². The highest BCUT2D eigenvalue weighted by atomic mass is 32.2. The highest BCUT2D eigenvalue weighted by molar-refractivity contribution is 8.07. The van der Waals surface area contributed by atoms with Crippen LogP contribution in [-0.2, 0) is 0 Å². The minimum absolute atomic E-state index is 0.314. The average molecular weight is 206 g/mol. The van der Waals surface area contributed by atoms with Gasteiger partial charge in [-0.05, 0) is 24.0 Å². The van der Waals surface area contributed by atoms with Crippen molar-refractivity contribution in [3.8, 4) is 0 Å². The molecule has 13 heavy (non-hydrogen) atoms. The SMILES string of the molecule is CC12C=CSC1c1ccccc1S2. The summed E-state index contributed by atoms with van der Waals surface area (Å²) in [6.45, 7) is 2.33. The second-order valence-corrected chi connectivity index (χ2v) is 6.18. The first-order valence-corrected chi connectivity index (χ1v) is 6.17. The summed E-state index contributed by atoms with van der Waals surface area (Å²) < 4.78 is 0.314. The molecule has 0 bridgehead atoms. The third-order valence-corrected chi connectivity index (χ3v) is 5.53. The van der Waals surface area contributed by atoms with Crippen molar-refractivity contribution in [2.75, 3.05) is 0 Å². The van der Waals surface area contributed by atoms with Crippen molar-refractivity contribution in [1.29, 1.82) is 0 Å². The van der Waals surface area contributed by atoms with Crippen LogP contribution in [0.4, 0.5) is 0 Å². The Morgan fingerprint density at radius 2 is 2.15 bits per heavy atom. The van der Waals surface area contributed by atoms with Crippen molar-refractivity contribution in [3.05, 3.63) is 41.3 Å². The fraction of sp³-hybridized carbons (Fsp3) is 0.273. The number of hydrogen-bond acceptors (Lipinski definition) is 2. The van der Waals surface area contributed by atoms with Crippen molar-refractivity contribution < 1.29 is 0 Å². The van der Waals surface area contributed by atoms with Crippen LogP contribution in [0.1, 0.15) is 17.7 Å². The lowest BCUT2D eigenvalue weighted by atomic mass is 10.0. The van der Waals surface area contributed by atoms with E-state index in [-0.39, 0.29) is 0 Å². The largest absolute Gasteiger partial charge is 0.124 e. The molecule has 0 radical (unpaired) electrons. The summed E-state index contributed by atoms with van der Waals surface area (Å²) in [4.78, 5) is 1.46. The van der Waals surface area contributed by atoms with Crippen LogP contribution in [0.2, 0.25) is 0 Å². The van der Waals surface area contributed by atoms with E-state index < -0.39 is 0 Å². The molecule has 0 saturated heterocycles. The van der Waals surface area contributed by atoms with Crippen molar-refractivity contribution in [2.45, 2.75) is 21.8 Å². The van der Waals surface area contributed by atoms with E-state index in [0.29, 0.717) is 10.00 Å². The molecule has 0 nitrogen and oxygen atoms in total. The average Bonchev–Trinajstić information content (AvgIpc) is 2.58. The Balaban J connectivity index is 2.16. The number of fused-ring (bicyclic) bond motifs is 3. The van der Waals surface area contributed by atoms with Gasteiger partial charge in [0.15, 0.2) is 0 Å². The number of rotatable bonds is 0. The summed E-state index contributed by atoms with van der Waals surface area (Å²) in [5, 5.41) is 2.89. The van der Waals surface area contributed by atoms with Crippen molar-refractivity contribution >= 4 is 23.5 Å². The molecule has 1 aromatic carbocycles. The van der Waals surface area contributed by atoms with Gasteiger partial charge in [-0.15, -0.1) is 23.5 Å². The van der Waals surface area contributed by atoms with Gasteiger partial charge in [0.1, 0.15) is 0 Å². The zero-order chi connectivity index (χ0) is 8.89. The Morgan fingerprint density at radius 3 is 3.08 bits per heavy atom.